The van der Waals surface area contributed by atoms with E-state index >= 15 is 0 Å². The van der Waals surface area contributed by atoms with Gasteiger partial charge in [-0.15, -0.1) is 0 Å². The van der Waals surface area contributed by atoms with E-state index in [4.69, 9.17) is 4.52 Å². The van der Waals surface area contributed by atoms with Gasteiger partial charge in [-0.3, -0.25) is 4.79 Å². The highest BCUT2D eigenvalue weighted by Crippen LogP contribution is 2.30. The first-order valence-corrected chi connectivity index (χ1v) is 5.56. The van der Waals surface area contributed by atoms with E-state index in [1.807, 2.05) is 7.05 Å². The summed E-state index contributed by atoms with van der Waals surface area (Å²) in [6.07, 6.45) is 5.58. The molecule has 2 heterocycles. The highest BCUT2D eigenvalue weighted by molar-refractivity contribution is 5.84. The van der Waals surface area contributed by atoms with Crippen molar-refractivity contribution in [3.63, 3.8) is 0 Å². The number of nitrogens with zero attached hydrogens (tertiary/aromatic N) is 4. The van der Waals surface area contributed by atoms with Crippen LogP contribution in [-0.2, 0) is 18.3 Å². The Morgan fingerprint density at radius 2 is 2.41 bits per heavy atom. The Bertz CT molecular complexity index is 553. The average Bonchev–Trinajstić information content (AvgIpc) is 2.93. The Hall–Kier alpha value is -1.98. The van der Waals surface area contributed by atoms with E-state index in [2.05, 4.69) is 15.1 Å². The number of rotatable bonds is 4. The van der Waals surface area contributed by atoms with Crippen molar-refractivity contribution < 1.29 is 9.32 Å². The maximum Gasteiger partial charge on any atom is 0.234 e. The van der Waals surface area contributed by atoms with Gasteiger partial charge in [0.2, 0.25) is 11.7 Å². The molecule has 1 fully saturated rings. The molecule has 0 bridgehead atoms. The number of imidazole rings is 1. The summed E-state index contributed by atoms with van der Waals surface area (Å²) >= 11 is 0. The van der Waals surface area contributed by atoms with E-state index in [0.29, 0.717) is 11.7 Å². The van der Waals surface area contributed by atoms with Crippen LogP contribution < -0.4 is 0 Å². The van der Waals surface area contributed by atoms with Gasteiger partial charge >= 0.3 is 0 Å². The minimum absolute atomic E-state index is 0.199. The molecule has 1 saturated carbocycles. The van der Waals surface area contributed by atoms with Crippen LogP contribution in [0.15, 0.2) is 17.0 Å². The van der Waals surface area contributed by atoms with Crippen molar-refractivity contribution in [2.75, 3.05) is 0 Å². The molecule has 0 radical (unpaired) electrons. The molecule has 0 amide bonds. The summed E-state index contributed by atoms with van der Waals surface area (Å²) in [4.78, 5) is 19.8. The van der Waals surface area contributed by atoms with Gasteiger partial charge in [-0.05, 0) is 12.8 Å². The fourth-order valence-electron chi connectivity index (χ4n) is 1.70. The van der Waals surface area contributed by atoms with Crippen LogP contribution in [0.3, 0.4) is 0 Å². The van der Waals surface area contributed by atoms with Gasteiger partial charge in [0.05, 0.1) is 18.9 Å². The third kappa shape index (κ3) is 1.98. The van der Waals surface area contributed by atoms with Gasteiger partial charge in [-0.1, -0.05) is 5.16 Å². The van der Waals surface area contributed by atoms with Crippen molar-refractivity contribution >= 4 is 5.78 Å². The highest BCUT2D eigenvalue weighted by Gasteiger charge is 2.30. The molecule has 88 valence electrons. The topological polar surface area (TPSA) is 73.8 Å². The predicted molar refractivity (Wildman–Crippen MR) is 57.9 cm³/mol. The molecular formula is C11H12N4O2. The summed E-state index contributed by atoms with van der Waals surface area (Å²) in [5, 5.41) is 3.85. The second kappa shape index (κ2) is 3.80. The number of hydrogen-bond acceptors (Lipinski definition) is 5. The Labute approximate surface area is 97.7 Å². The molecule has 2 aromatic heterocycles. The largest absolute Gasteiger partial charge is 0.338 e. The molecule has 0 aliphatic heterocycles. The zero-order chi connectivity index (χ0) is 11.8. The quantitative estimate of drug-likeness (QED) is 0.785. The molecule has 0 spiro atoms. The lowest BCUT2D eigenvalue weighted by molar-refractivity contribution is -0.119. The molecule has 0 unspecified atom stereocenters. The van der Waals surface area contributed by atoms with E-state index in [1.54, 1.807) is 17.1 Å². The lowest BCUT2D eigenvalue weighted by Crippen LogP contribution is -2.04. The molecule has 17 heavy (non-hydrogen) atoms. The van der Waals surface area contributed by atoms with Gasteiger partial charge in [0.15, 0.2) is 0 Å². The smallest absolute Gasteiger partial charge is 0.234 e. The number of ketones is 1. The van der Waals surface area contributed by atoms with Crippen LogP contribution in [0.2, 0.25) is 0 Å². The molecule has 3 rings (SSSR count). The van der Waals surface area contributed by atoms with Crippen LogP contribution in [0.25, 0.3) is 11.5 Å². The maximum absolute atomic E-state index is 11.6. The van der Waals surface area contributed by atoms with E-state index in [0.717, 1.165) is 18.5 Å². The monoisotopic (exact) mass is 232 g/mol. The average molecular weight is 232 g/mol. The molecule has 0 atom stereocenters. The van der Waals surface area contributed by atoms with Crippen LogP contribution in [-0.4, -0.2) is 25.5 Å². The molecule has 1 aliphatic rings. The van der Waals surface area contributed by atoms with Crippen molar-refractivity contribution in [1.82, 2.24) is 19.7 Å². The summed E-state index contributed by atoms with van der Waals surface area (Å²) in [5.41, 5.74) is 0.777. The molecule has 0 saturated heterocycles. The van der Waals surface area contributed by atoms with Crippen molar-refractivity contribution in [3.8, 4) is 11.5 Å². The lowest BCUT2D eigenvalue weighted by Gasteiger charge is -1.93. The van der Waals surface area contributed by atoms with Crippen molar-refractivity contribution in [1.29, 1.82) is 0 Å². The third-order valence-electron chi connectivity index (χ3n) is 2.87. The molecular weight excluding hydrogens is 220 g/mol. The van der Waals surface area contributed by atoms with E-state index in [9.17, 15) is 4.79 Å². The second-order valence-electron chi connectivity index (χ2n) is 4.32. The lowest BCUT2D eigenvalue weighted by atomic mass is 10.2. The highest BCUT2D eigenvalue weighted by atomic mass is 16.5. The maximum atomic E-state index is 11.6. The van der Waals surface area contributed by atoms with Crippen molar-refractivity contribution in [2.24, 2.45) is 13.0 Å². The number of aromatic nitrogens is 4. The fourth-order valence-corrected chi connectivity index (χ4v) is 1.70. The van der Waals surface area contributed by atoms with Crippen LogP contribution in [0.1, 0.15) is 18.7 Å². The summed E-state index contributed by atoms with van der Waals surface area (Å²) in [6.45, 7) is 0. The van der Waals surface area contributed by atoms with Crippen LogP contribution in [0.4, 0.5) is 0 Å². The summed E-state index contributed by atoms with van der Waals surface area (Å²) in [6, 6.07) is 0. The molecule has 6 nitrogen and oxygen atoms in total. The van der Waals surface area contributed by atoms with E-state index in [1.165, 1.54) is 0 Å². The molecule has 6 heteroatoms. The van der Waals surface area contributed by atoms with Crippen molar-refractivity contribution in [2.45, 2.75) is 19.3 Å². The molecule has 1 aliphatic carbocycles. The number of hydrogen-bond donors (Lipinski definition) is 0. The zero-order valence-corrected chi connectivity index (χ0v) is 9.46. The predicted octanol–water partition coefficient (Wildman–Crippen LogP) is 0.992. The first kappa shape index (κ1) is 10.2. The minimum Gasteiger partial charge on any atom is -0.338 e. The Balaban J connectivity index is 1.78. The normalized spacial score (nSPS) is 15.1. The number of aryl methyl sites for hydroxylation is 1. The van der Waals surface area contributed by atoms with Crippen molar-refractivity contribution in [3.05, 3.63) is 18.4 Å². The van der Waals surface area contributed by atoms with Gasteiger partial charge in [0, 0.05) is 13.0 Å². The van der Waals surface area contributed by atoms with Gasteiger partial charge in [-0.2, -0.15) is 4.98 Å². The van der Waals surface area contributed by atoms with E-state index in [-0.39, 0.29) is 18.1 Å². The zero-order valence-electron chi connectivity index (χ0n) is 9.46. The Kier molecular flexibility index (Phi) is 2.28. The summed E-state index contributed by atoms with van der Waals surface area (Å²) in [7, 11) is 1.85. The summed E-state index contributed by atoms with van der Waals surface area (Å²) in [5.74, 6) is 1.29. The van der Waals surface area contributed by atoms with Gasteiger partial charge < -0.3 is 9.09 Å². The standard InChI is InChI=1S/C11H12N4O2/c1-15-6-12-5-8(15)11-13-10(17-14-11)4-9(16)7-2-3-7/h5-7H,2-4H2,1H3. The SMILES string of the molecule is Cn1cncc1-c1noc(CC(=O)C2CC2)n1. The van der Waals surface area contributed by atoms with E-state index < -0.39 is 0 Å². The van der Waals surface area contributed by atoms with Gasteiger partial charge in [-0.25, -0.2) is 4.98 Å². The summed E-state index contributed by atoms with van der Waals surface area (Å²) < 4.78 is 6.87. The first-order valence-electron chi connectivity index (χ1n) is 5.56. The Morgan fingerprint density at radius 1 is 1.59 bits per heavy atom. The van der Waals surface area contributed by atoms with Crippen LogP contribution >= 0.6 is 0 Å². The number of carbonyl (C=O) groups is 1. The first-order chi connectivity index (χ1) is 8.24. The molecule has 0 aromatic carbocycles. The third-order valence-corrected chi connectivity index (χ3v) is 2.87. The van der Waals surface area contributed by atoms with Crippen LogP contribution in [0, 0.1) is 5.92 Å². The van der Waals surface area contributed by atoms with Gasteiger partial charge in [0.1, 0.15) is 11.5 Å². The fraction of sp³-hybridized carbons (Fsp3) is 0.455. The van der Waals surface area contributed by atoms with Crippen LogP contribution in [0.5, 0.6) is 0 Å². The second-order valence-corrected chi connectivity index (χ2v) is 4.32. The van der Waals surface area contributed by atoms with Gasteiger partial charge in [0.25, 0.3) is 0 Å². The number of Topliss-reactive ketones (excluding diaryl/α,β-unsaturated/α-hetero) is 1. The number of carbonyl (C=O) groups excluding carboxylic acids is 1. The minimum atomic E-state index is 0.199. The molecule has 2 aromatic rings. The Morgan fingerprint density at radius 3 is 3.06 bits per heavy atom. The molecule has 0 N–H and O–H groups in total.